The molecule has 0 aliphatic carbocycles. The molecule has 5 heteroatoms. The molecule has 1 aliphatic heterocycles. The molecule has 0 radical (unpaired) electrons. The second-order valence-corrected chi connectivity index (χ2v) is 7.18. The average Bonchev–Trinajstić information content (AvgIpc) is 2.50. The van der Waals surface area contributed by atoms with E-state index in [9.17, 15) is 5.11 Å². The molecule has 2 rings (SSSR count). The fourth-order valence-corrected chi connectivity index (χ4v) is 2.94. The maximum atomic E-state index is 10.2. The monoisotopic (exact) mass is 324 g/mol. The summed E-state index contributed by atoms with van der Waals surface area (Å²) in [5.74, 6) is 1.55. The molecule has 5 nitrogen and oxygen atoms in total. The molecular weight excluding hydrogens is 294 g/mol. The molecule has 0 saturated heterocycles. The predicted octanol–water partition coefficient (Wildman–Crippen LogP) is 0.821. The third kappa shape index (κ3) is 5.09. The van der Waals surface area contributed by atoms with Gasteiger partial charge in [0, 0.05) is 12.0 Å². The summed E-state index contributed by atoms with van der Waals surface area (Å²) >= 11 is 0. The number of rotatable bonds is 6. The number of methoxy groups -OCH3 is 2. The Morgan fingerprint density at radius 2 is 1.74 bits per heavy atom. The first-order valence-electron chi connectivity index (χ1n) is 8.21. The number of fused-ring (bicyclic) bond motifs is 1. The Kier molecular flexibility index (Phi) is 5.89. The Labute approximate surface area is 139 Å². The van der Waals surface area contributed by atoms with E-state index >= 15 is 0 Å². The van der Waals surface area contributed by atoms with Crippen molar-refractivity contribution in [2.75, 3.05) is 33.9 Å². The van der Waals surface area contributed by atoms with E-state index in [-0.39, 0.29) is 5.60 Å². The average molecular weight is 324 g/mol. The van der Waals surface area contributed by atoms with Crippen molar-refractivity contribution in [1.29, 1.82) is 0 Å². The number of benzene rings is 1. The van der Waals surface area contributed by atoms with E-state index in [4.69, 9.17) is 14.2 Å². The van der Waals surface area contributed by atoms with Gasteiger partial charge in [0.1, 0.15) is 19.2 Å². The molecule has 1 unspecified atom stereocenters. The lowest BCUT2D eigenvalue weighted by Gasteiger charge is -2.29. The first-order valence-corrected chi connectivity index (χ1v) is 8.21. The summed E-state index contributed by atoms with van der Waals surface area (Å²) in [4.78, 5) is 1.37. The lowest BCUT2D eigenvalue weighted by molar-refractivity contribution is -0.919. The second-order valence-electron chi connectivity index (χ2n) is 7.18. The molecule has 0 bridgehead atoms. The highest BCUT2D eigenvalue weighted by Gasteiger charge is 2.25. The fraction of sp³-hybridized carbons (Fsp3) is 0.667. The van der Waals surface area contributed by atoms with Crippen molar-refractivity contribution in [3.05, 3.63) is 23.3 Å². The number of hydrogen-bond donors (Lipinski definition) is 2. The molecule has 0 spiro atoms. The van der Waals surface area contributed by atoms with Crippen molar-refractivity contribution >= 4 is 0 Å². The van der Waals surface area contributed by atoms with E-state index in [1.165, 1.54) is 16.0 Å². The van der Waals surface area contributed by atoms with Crippen LogP contribution >= 0.6 is 0 Å². The fourth-order valence-electron chi connectivity index (χ4n) is 2.94. The van der Waals surface area contributed by atoms with Gasteiger partial charge in [-0.15, -0.1) is 0 Å². The van der Waals surface area contributed by atoms with Crippen LogP contribution in [-0.2, 0) is 17.7 Å². The largest absolute Gasteiger partial charge is 0.493 e. The Balaban J connectivity index is 1.97. The number of nitrogens with one attached hydrogen (secondary N) is 1. The van der Waals surface area contributed by atoms with Crippen LogP contribution in [0, 0.1) is 0 Å². The number of hydrogen-bond acceptors (Lipinski definition) is 4. The van der Waals surface area contributed by atoms with Crippen molar-refractivity contribution in [3.63, 3.8) is 0 Å². The number of quaternary nitrogens is 1. The first kappa shape index (κ1) is 18.0. The normalized spacial score (nSPS) is 19.1. The van der Waals surface area contributed by atoms with Crippen molar-refractivity contribution < 1.29 is 24.2 Å². The highest BCUT2D eigenvalue weighted by molar-refractivity contribution is 5.47. The van der Waals surface area contributed by atoms with Gasteiger partial charge < -0.3 is 24.2 Å². The minimum atomic E-state index is -0.439. The quantitative estimate of drug-likeness (QED) is 0.813. The Bertz CT molecular complexity index is 524. The molecule has 1 heterocycles. The molecule has 0 amide bonds. The van der Waals surface area contributed by atoms with Gasteiger partial charge in [-0.3, -0.25) is 0 Å². The van der Waals surface area contributed by atoms with Crippen LogP contribution in [0.2, 0.25) is 0 Å². The van der Waals surface area contributed by atoms with Gasteiger partial charge in [0.2, 0.25) is 0 Å². The molecule has 1 aromatic rings. The van der Waals surface area contributed by atoms with E-state index in [1.807, 2.05) is 20.8 Å². The van der Waals surface area contributed by atoms with E-state index in [0.717, 1.165) is 31.0 Å². The molecule has 1 aliphatic rings. The molecule has 130 valence electrons. The van der Waals surface area contributed by atoms with Gasteiger partial charge in [-0.2, -0.15) is 0 Å². The highest BCUT2D eigenvalue weighted by Crippen LogP contribution is 2.31. The van der Waals surface area contributed by atoms with E-state index in [1.54, 1.807) is 14.2 Å². The number of aliphatic hydroxyl groups is 1. The van der Waals surface area contributed by atoms with Crippen molar-refractivity contribution in [2.45, 2.75) is 45.4 Å². The molecule has 1 aromatic carbocycles. The van der Waals surface area contributed by atoms with Crippen LogP contribution in [0.1, 0.15) is 31.9 Å². The van der Waals surface area contributed by atoms with Crippen LogP contribution in [0.25, 0.3) is 0 Å². The van der Waals surface area contributed by atoms with Crippen LogP contribution in [0.3, 0.4) is 0 Å². The third-order valence-corrected chi connectivity index (χ3v) is 4.13. The van der Waals surface area contributed by atoms with Crippen molar-refractivity contribution in [3.8, 4) is 11.5 Å². The van der Waals surface area contributed by atoms with E-state index in [2.05, 4.69) is 12.1 Å². The van der Waals surface area contributed by atoms with Gasteiger partial charge in [-0.25, -0.2) is 0 Å². The van der Waals surface area contributed by atoms with Gasteiger partial charge in [0.15, 0.2) is 11.5 Å². The third-order valence-electron chi connectivity index (χ3n) is 4.13. The molecule has 2 N–H and O–H groups in total. The maximum Gasteiger partial charge on any atom is 0.161 e. The number of ether oxygens (including phenoxy) is 3. The van der Waals surface area contributed by atoms with Crippen LogP contribution in [0.4, 0.5) is 0 Å². The minimum Gasteiger partial charge on any atom is -0.493 e. The lowest BCUT2D eigenvalue weighted by Crippen LogP contribution is -3.13. The van der Waals surface area contributed by atoms with Gasteiger partial charge in [-0.1, -0.05) is 0 Å². The number of aliphatic hydroxyl groups excluding tert-OH is 1. The van der Waals surface area contributed by atoms with Crippen LogP contribution in [-0.4, -0.2) is 50.7 Å². The molecular formula is C18H30NO4+. The minimum absolute atomic E-state index is 0.214. The van der Waals surface area contributed by atoms with E-state index < -0.39 is 6.10 Å². The summed E-state index contributed by atoms with van der Waals surface area (Å²) in [6.45, 7) is 8.99. The first-order chi connectivity index (χ1) is 10.8. The SMILES string of the molecule is COc1cc2c(cc1OC)C[NH+](C[C@@H](O)COC(C)(C)C)CC2. The summed E-state index contributed by atoms with van der Waals surface area (Å²) in [6.07, 6.45) is 0.545. The maximum absolute atomic E-state index is 10.2. The summed E-state index contributed by atoms with van der Waals surface area (Å²) in [7, 11) is 3.32. The molecule has 2 atom stereocenters. The lowest BCUT2D eigenvalue weighted by atomic mass is 9.98. The smallest absolute Gasteiger partial charge is 0.161 e. The summed E-state index contributed by atoms with van der Waals surface area (Å²) in [5.41, 5.74) is 2.37. The highest BCUT2D eigenvalue weighted by atomic mass is 16.5. The topological polar surface area (TPSA) is 52.4 Å². The predicted molar refractivity (Wildman–Crippen MR) is 89.4 cm³/mol. The molecule has 0 saturated carbocycles. The zero-order chi connectivity index (χ0) is 17.0. The molecule has 0 aromatic heterocycles. The standard InChI is InChI=1S/C18H29NO4/c1-18(2,3)23-12-15(20)11-19-7-6-13-8-16(21-4)17(22-5)9-14(13)10-19/h8-9,15,20H,6-7,10-12H2,1-5H3/p+1/t15-/m1/s1. The summed E-state index contributed by atoms with van der Waals surface area (Å²) in [6, 6.07) is 4.13. The summed E-state index contributed by atoms with van der Waals surface area (Å²) in [5, 5.41) is 10.2. The van der Waals surface area contributed by atoms with Crippen LogP contribution in [0.15, 0.2) is 12.1 Å². The molecule has 0 fully saturated rings. The van der Waals surface area contributed by atoms with Gasteiger partial charge in [0.25, 0.3) is 0 Å². The van der Waals surface area contributed by atoms with Crippen LogP contribution in [0.5, 0.6) is 11.5 Å². The zero-order valence-corrected chi connectivity index (χ0v) is 14.9. The van der Waals surface area contributed by atoms with Gasteiger partial charge in [-0.05, 0) is 38.5 Å². The zero-order valence-electron chi connectivity index (χ0n) is 14.9. The Morgan fingerprint density at radius 1 is 1.13 bits per heavy atom. The Morgan fingerprint density at radius 3 is 2.30 bits per heavy atom. The van der Waals surface area contributed by atoms with Crippen molar-refractivity contribution in [1.82, 2.24) is 0 Å². The Hall–Kier alpha value is -1.30. The van der Waals surface area contributed by atoms with Gasteiger partial charge >= 0.3 is 0 Å². The second kappa shape index (κ2) is 7.51. The van der Waals surface area contributed by atoms with E-state index in [0.29, 0.717) is 13.2 Å². The molecule has 23 heavy (non-hydrogen) atoms. The summed E-state index contributed by atoms with van der Waals surface area (Å²) < 4.78 is 16.4. The van der Waals surface area contributed by atoms with Gasteiger partial charge in [0.05, 0.1) is 33.0 Å². The van der Waals surface area contributed by atoms with Crippen LogP contribution < -0.4 is 14.4 Å². The van der Waals surface area contributed by atoms with Crippen molar-refractivity contribution in [2.24, 2.45) is 0 Å².